The van der Waals surface area contributed by atoms with Crippen molar-refractivity contribution < 1.29 is 4.79 Å². The largest absolute Gasteiger partial charge is 0.398 e. The highest BCUT2D eigenvalue weighted by Gasteiger charge is 2.20. The first-order valence-electron chi connectivity index (χ1n) is 5.52. The number of carbonyl (C=O) groups excluding carboxylic acids is 1. The smallest absolute Gasteiger partial charge is 0.251 e. The van der Waals surface area contributed by atoms with E-state index >= 15 is 0 Å². The van der Waals surface area contributed by atoms with Crippen LogP contribution < -0.4 is 11.1 Å². The number of rotatable bonds is 2. The number of nitrogens with one attached hydrogen (secondary N) is 1. The molecule has 92 valence electrons. The topological polar surface area (TPSA) is 55.1 Å². The number of anilines is 1. The van der Waals surface area contributed by atoms with Gasteiger partial charge in [0.25, 0.3) is 5.91 Å². The van der Waals surface area contributed by atoms with Crippen molar-refractivity contribution in [2.45, 2.75) is 19.4 Å². The van der Waals surface area contributed by atoms with Crippen LogP contribution in [0.2, 0.25) is 0 Å². The predicted molar refractivity (Wildman–Crippen MR) is 76.5 cm³/mol. The SMILES string of the molecule is Cc1c(N)cc(Br)cc1C(=O)NC1CCSC1. The lowest BCUT2D eigenvalue weighted by atomic mass is 10.1. The summed E-state index contributed by atoms with van der Waals surface area (Å²) in [6, 6.07) is 3.94. The van der Waals surface area contributed by atoms with Crippen LogP contribution in [0.1, 0.15) is 22.3 Å². The Kier molecular flexibility index (Phi) is 3.99. The van der Waals surface area contributed by atoms with Crippen molar-refractivity contribution in [3.05, 3.63) is 27.7 Å². The Hall–Kier alpha value is -0.680. The highest BCUT2D eigenvalue weighted by molar-refractivity contribution is 9.10. The monoisotopic (exact) mass is 314 g/mol. The normalized spacial score (nSPS) is 19.3. The average Bonchev–Trinajstić information content (AvgIpc) is 2.76. The summed E-state index contributed by atoms with van der Waals surface area (Å²) in [5.41, 5.74) is 8.00. The van der Waals surface area contributed by atoms with Crippen LogP contribution in [-0.4, -0.2) is 23.5 Å². The lowest BCUT2D eigenvalue weighted by Crippen LogP contribution is -2.35. The summed E-state index contributed by atoms with van der Waals surface area (Å²) in [6.45, 7) is 1.88. The van der Waals surface area contributed by atoms with Gasteiger partial charge in [-0.15, -0.1) is 0 Å². The number of nitrogens with two attached hydrogens (primary N) is 1. The molecule has 1 atom stereocenters. The van der Waals surface area contributed by atoms with Gasteiger partial charge in [0.05, 0.1) is 0 Å². The van der Waals surface area contributed by atoms with Crippen molar-refractivity contribution in [2.75, 3.05) is 17.2 Å². The van der Waals surface area contributed by atoms with Crippen LogP contribution in [0, 0.1) is 6.92 Å². The standard InChI is InChI=1S/C12H15BrN2OS/c1-7-10(4-8(13)5-11(7)14)12(16)15-9-2-3-17-6-9/h4-5,9H,2-3,6,14H2,1H3,(H,15,16). The molecule has 1 aliphatic rings. The van der Waals surface area contributed by atoms with Gasteiger partial charge in [-0.1, -0.05) is 15.9 Å². The molecule has 0 bridgehead atoms. The summed E-state index contributed by atoms with van der Waals surface area (Å²) in [7, 11) is 0. The molecule has 3 nitrogen and oxygen atoms in total. The zero-order chi connectivity index (χ0) is 12.4. The number of hydrogen-bond acceptors (Lipinski definition) is 3. The first-order chi connectivity index (χ1) is 8.08. The molecule has 17 heavy (non-hydrogen) atoms. The number of halogens is 1. The molecule has 1 aromatic carbocycles. The van der Waals surface area contributed by atoms with E-state index in [0.29, 0.717) is 17.3 Å². The Labute approximate surface area is 114 Å². The zero-order valence-electron chi connectivity index (χ0n) is 9.63. The predicted octanol–water partition coefficient (Wildman–Crippen LogP) is 2.58. The Morgan fingerprint density at radius 3 is 3.00 bits per heavy atom. The quantitative estimate of drug-likeness (QED) is 0.825. The van der Waals surface area contributed by atoms with Gasteiger partial charge in [-0.05, 0) is 36.8 Å². The molecule has 1 saturated heterocycles. The average molecular weight is 315 g/mol. The maximum atomic E-state index is 12.1. The number of nitrogen functional groups attached to an aromatic ring is 1. The summed E-state index contributed by atoms with van der Waals surface area (Å²) in [6.07, 6.45) is 1.05. The van der Waals surface area contributed by atoms with E-state index < -0.39 is 0 Å². The molecule has 1 aliphatic heterocycles. The van der Waals surface area contributed by atoms with E-state index in [-0.39, 0.29) is 5.91 Å². The number of hydrogen-bond donors (Lipinski definition) is 2. The van der Waals surface area contributed by atoms with E-state index in [1.807, 2.05) is 30.8 Å². The maximum Gasteiger partial charge on any atom is 0.251 e. The van der Waals surface area contributed by atoms with Gasteiger partial charge in [0.15, 0.2) is 0 Å². The molecule has 0 spiro atoms. The van der Waals surface area contributed by atoms with Crippen molar-refractivity contribution in [1.82, 2.24) is 5.32 Å². The first-order valence-corrected chi connectivity index (χ1v) is 7.47. The van der Waals surface area contributed by atoms with Gasteiger partial charge >= 0.3 is 0 Å². The van der Waals surface area contributed by atoms with E-state index in [9.17, 15) is 4.79 Å². The lowest BCUT2D eigenvalue weighted by molar-refractivity contribution is 0.0940. The molecular formula is C12H15BrN2OS. The number of amides is 1. The molecule has 2 rings (SSSR count). The van der Waals surface area contributed by atoms with Gasteiger partial charge in [0.2, 0.25) is 0 Å². The minimum atomic E-state index is -0.0250. The van der Waals surface area contributed by atoms with Crippen LogP contribution in [0.3, 0.4) is 0 Å². The molecule has 1 fully saturated rings. The van der Waals surface area contributed by atoms with Crippen LogP contribution in [0.5, 0.6) is 0 Å². The summed E-state index contributed by atoms with van der Waals surface area (Å²) >= 11 is 5.25. The van der Waals surface area contributed by atoms with E-state index in [4.69, 9.17) is 5.73 Å². The second-order valence-electron chi connectivity index (χ2n) is 4.20. The third kappa shape index (κ3) is 2.96. The summed E-state index contributed by atoms with van der Waals surface area (Å²) < 4.78 is 0.839. The Morgan fingerprint density at radius 1 is 1.59 bits per heavy atom. The minimum absolute atomic E-state index is 0.0250. The van der Waals surface area contributed by atoms with Gasteiger partial charge in [0, 0.05) is 27.5 Å². The molecule has 1 unspecified atom stereocenters. The molecular weight excluding hydrogens is 300 g/mol. The van der Waals surface area contributed by atoms with E-state index in [1.165, 1.54) is 0 Å². The highest BCUT2D eigenvalue weighted by Crippen LogP contribution is 2.23. The number of carbonyl (C=O) groups is 1. The Bertz CT molecular complexity index is 444. The Balaban J connectivity index is 2.18. The van der Waals surface area contributed by atoms with Crippen molar-refractivity contribution in [3.8, 4) is 0 Å². The fourth-order valence-corrected chi connectivity index (χ4v) is 3.48. The third-order valence-electron chi connectivity index (χ3n) is 2.92. The van der Waals surface area contributed by atoms with Crippen LogP contribution in [-0.2, 0) is 0 Å². The van der Waals surface area contributed by atoms with Crippen LogP contribution in [0.15, 0.2) is 16.6 Å². The fraction of sp³-hybridized carbons (Fsp3) is 0.417. The molecule has 0 aromatic heterocycles. The molecule has 0 saturated carbocycles. The van der Waals surface area contributed by atoms with Crippen LogP contribution in [0.25, 0.3) is 0 Å². The van der Waals surface area contributed by atoms with Gasteiger partial charge in [-0.2, -0.15) is 11.8 Å². The molecule has 0 radical (unpaired) electrons. The van der Waals surface area contributed by atoms with Gasteiger partial charge in [-0.3, -0.25) is 4.79 Å². The van der Waals surface area contributed by atoms with Gasteiger partial charge in [-0.25, -0.2) is 0 Å². The van der Waals surface area contributed by atoms with Crippen molar-refractivity contribution in [3.63, 3.8) is 0 Å². The minimum Gasteiger partial charge on any atom is -0.398 e. The number of thioether (sulfide) groups is 1. The summed E-state index contributed by atoms with van der Waals surface area (Å²) in [5, 5.41) is 3.05. The lowest BCUT2D eigenvalue weighted by Gasteiger charge is -2.14. The van der Waals surface area contributed by atoms with E-state index in [2.05, 4.69) is 21.2 Å². The molecule has 1 heterocycles. The van der Waals surface area contributed by atoms with Crippen molar-refractivity contribution in [2.24, 2.45) is 0 Å². The van der Waals surface area contributed by atoms with Crippen molar-refractivity contribution in [1.29, 1.82) is 0 Å². The third-order valence-corrected chi connectivity index (χ3v) is 4.54. The van der Waals surface area contributed by atoms with Crippen molar-refractivity contribution >= 4 is 39.3 Å². The zero-order valence-corrected chi connectivity index (χ0v) is 12.0. The Morgan fingerprint density at radius 2 is 2.35 bits per heavy atom. The summed E-state index contributed by atoms with van der Waals surface area (Å²) in [4.78, 5) is 12.1. The van der Waals surface area contributed by atoms with Crippen LogP contribution in [0.4, 0.5) is 5.69 Å². The highest BCUT2D eigenvalue weighted by atomic mass is 79.9. The van der Waals surface area contributed by atoms with E-state index in [1.54, 1.807) is 0 Å². The second-order valence-corrected chi connectivity index (χ2v) is 6.27. The first kappa shape index (κ1) is 12.8. The molecule has 3 N–H and O–H groups in total. The summed E-state index contributed by atoms with van der Waals surface area (Å²) in [5.74, 6) is 2.11. The maximum absolute atomic E-state index is 12.1. The molecule has 5 heteroatoms. The molecule has 0 aliphatic carbocycles. The molecule has 1 amide bonds. The van der Waals surface area contributed by atoms with Gasteiger partial charge in [0.1, 0.15) is 0 Å². The van der Waals surface area contributed by atoms with E-state index in [0.717, 1.165) is 28.0 Å². The number of benzene rings is 1. The van der Waals surface area contributed by atoms with Crippen LogP contribution >= 0.6 is 27.7 Å². The second kappa shape index (κ2) is 5.31. The molecule has 1 aromatic rings. The van der Waals surface area contributed by atoms with Gasteiger partial charge < -0.3 is 11.1 Å². The fourth-order valence-electron chi connectivity index (χ4n) is 1.85.